The maximum absolute atomic E-state index is 12.9. The molecule has 216 valence electrons. The van der Waals surface area contributed by atoms with E-state index in [1.807, 2.05) is 84.9 Å². The molecule has 0 aliphatic rings. The molecule has 0 aliphatic heterocycles. The van der Waals surface area contributed by atoms with E-state index in [1.54, 1.807) is 0 Å². The largest absolute Gasteiger partial charge is 0.489 e. The van der Waals surface area contributed by atoms with Crippen molar-refractivity contribution in [1.82, 2.24) is 4.98 Å². The molecule has 0 unspecified atom stereocenters. The first-order valence-corrected chi connectivity index (χ1v) is 14.3. The lowest BCUT2D eigenvalue weighted by Crippen LogP contribution is -2.21. The number of ether oxygens (including phenoxy) is 2. The van der Waals surface area contributed by atoms with Gasteiger partial charge >= 0.3 is 5.97 Å². The molecule has 0 fully saturated rings. The average molecular weight is 614 g/mol. The van der Waals surface area contributed by atoms with Crippen LogP contribution in [0.4, 0.5) is 11.4 Å². The van der Waals surface area contributed by atoms with Crippen LogP contribution in [0.15, 0.2) is 97.1 Å². The van der Waals surface area contributed by atoms with E-state index in [9.17, 15) is 19.7 Å². The SMILES string of the molecule is O=C(COC(=O)C/C(=C/c1ccc(OCc2ccccc2)cc1)c1nc2ccccc2s1)Nc1ccc(Cl)cc1[N+](=O)[O-]. The first kappa shape index (κ1) is 29.4. The zero-order chi connectivity index (χ0) is 30.2. The summed E-state index contributed by atoms with van der Waals surface area (Å²) in [7, 11) is 0. The number of para-hydroxylation sites is 1. The van der Waals surface area contributed by atoms with E-state index in [0.29, 0.717) is 22.9 Å². The summed E-state index contributed by atoms with van der Waals surface area (Å²) in [6.45, 7) is -0.184. The third-order valence-electron chi connectivity index (χ3n) is 6.17. The number of aromatic nitrogens is 1. The number of esters is 1. The second-order valence-corrected chi connectivity index (χ2v) is 10.8. The summed E-state index contributed by atoms with van der Waals surface area (Å²) in [4.78, 5) is 40.6. The molecule has 0 aliphatic carbocycles. The third-order valence-corrected chi connectivity index (χ3v) is 7.51. The van der Waals surface area contributed by atoms with Crippen LogP contribution in [-0.4, -0.2) is 28.4 Å². The van der Waals surface area contributed by atoms with Crippen LogP contribution in [0.2, 0.25) is 5.02 Å². The predicted molar refractivity (Wildman–Crippen MR) is 167 cm³/mol. The lowest BCUT2D eigenvalue weighted by molar-refractivity contribution is -0.383. The van der Waals surface area contributed by atoms with Crippen molar-refractivity contribution in [2.24, 2.45) is 0 Å². The molecule has 0 bridgehead atoms. The predicted octanol–water partition coefficient (Wildman–Crippen LogP) is 7.55. The number of nitro groups is 1. The molecular formula is C32H24ClN3O6S. The number of fused-ring (bicyclic) bond motifs is 1. The van der Waals surface area contributed by atoms with Gasteiger partial charge in [-0.15, -0.1) is 11.3 Å². The van der Waals surface area contributed by atoms with Gasteiger partial charge in [-0.2, -0.15) is 0 Å². The van der Waals surface area contributed by atoms with Gasteiger partial charge in [0, 0.05) is 11.1 Å². The Morgan fingerprint density at radius 2 is 1.72 bits per heavy atom. The number of hydrogen-bond acceptors (Lipinski definition) is 8. The zero-order valence-corrected chi connectivity index (χ0v) is 24.1. The normalized spacial score (nSPS) is 11.2. The summed E-state index contributed by atoms with van der Waals surface area (Å²) in [5, 5.41) is 14.5. The highest BCUT2D eigenvalue weighted by molar-refractivity contribution is 7.19. The van der Waals surface area contributed by atoms with Crippen LogP contribution in [0.1, 0.15) is 22.6 Å². The van der Waals surface area contributed by atoms with Crippen LogP contribution >= 0.6 is 22.9 Å². The van der Waals surface area contributed by atoms with E-state index in [4.69, 9.17) is 26.1 Å². The topological polar surface area (TPSA) is 121 Å². The van der Waals surface area contributed by atoms with Crippen LogP contribution in [0.3, 0.4) is 0 Å². The Morgan fingerprint density at radius 1 is 0.977 bits per heavy atom. The maximum atomic E-state index is 12.9. The van der Waals surface area contributed by atoms with Gasteiger partial charge in [0.1, 0.15) is 23.1 Å². The maximum Gasteiger partial charge on any atom is 0.310 e. The fourth-order valence-corrected chi connectivity index (χ4v) is 5.25. The second-order valence-electron chi connectivity index (χ2n) is 9.30. The van der Waals surface area contributed by atoms with Gasteiger partial charge in [0.25, 0.3) is 11.6 Å². The quantitative estimate of drug-likeness (QED) is 0.0927. The Morgan fingerprint density at radius 3 is 2.47 bits per heavy atom. The van der Waals surface area contributed by atoms with Crippen LogP contribution in [-0.2, 0) is 20.9 Å². The van der Waals surface area contributed by atoms with Crippen molar-refractivity contribution >= 4 is 68.1 Å². The Hall–Kier alpha value is -5.06. The van der Waals surface area contributed by atoms with Crippen molar-refractivity contribution in [3.63, 3.8) is 0 Å². The number of carbonyl (C=O) groups excluding carboxylic acids is 2. The lowest BCUT2D eigenvalue weighted by atomic mass is 10.1. The standard InChI is InChI=1S/C32H24ClN3O6S/c33-24-12-15-26(28(18-24)36(39)40)34-30(37)20-42-31(38)17-23(32-35-27-8-4-5-9-29(27)43-32)16-21-10-13-25(14-11-21)41-19-22-6-2-1-3-7-22/h1-16,18H,17,19-20H2,(H,34,37)/b23-16-. The fraction of sp³-hybridized carbons (Fsp3) is 0.0938. The Labute approximate surface area is 255 Å². The first-order chi connectivity index (χ1) is 20.8. The molecule has 0 radical (unpaired) electrons. The number of amides is 1. The number of benzene rings is 4. The summed E-state index contributed by atoms with van der Waals surface area (Å²) in [5.41, 5.74) is 2.87. The highest BCUT2D eigenvalue weighted by Crippen LogP contribution is 2.31. The van der Waals surface area contributed by atoms with E-state index in [0.717, 1.165) is 27.4 Å². The number of rotatable bonds is 11. The van der Waals surface area contributed by atoms with Gasteiger partial charge in [-0.1, -0.05) is 66.2 Å². The molecule has 5 aromatic rings. The van der Waals surface area contributed by atoms with Crippen molar-refractivity contribution in [2.75, 3.05) is 11.9 Å². The second kappa shape index (κ2) is 13.7. The minimum absolute atomic E-state index is 0.0540. The number of nitro benzene ring substituents is 1. The molecule has 43 heavy (non-hydrogen) atoms. The van der Waals surface area contributed by atoms with Gasteiger partial charge in [0.05, 0.1) is 21.6 Å². The molecule has 1 heterocycles. The summed E-state index contributed by atoms with van der Waals surface area (Å²) >= 11 is 7.27. The van der Waals surface area contributed by atoms with Crippen LogP contribution in [0, 0.1) is 10.1 Å². The molecule has 5 rings (SSSR count). The van der Waals surface area contributed by atoms with Gasteiger partial charge in [0.15, 0.2) is 6.61 Å². The molecule has 1 N–H and O–H groups in total. The number of nitrogens with zero attached hydrogens (tertiary/aromatic N) is 2. The smallest absolute Gasteiger partial charge is 0.310 e. The molecule has 4 aromatic carbocycles. The molecule has 0 saturated carbocycles. The number of halogens is 1. The molecule has 9 nitrogen and oxygen atoms in total. The van der Waals surface area contributed by atoms with Gasteiger partial charge in [-0.25, -0.2) is 4.98 Å². The van der Waals surface area contributed by atoms with Crippen molar-refractivity contribution in [2.45, 2.75) is 13.0 Å². The molecule has 1 amide bonds. The van der Waals surface area contributed by atoms with Crippen molar-refractivity contribution < 1.29 is 24.0 Å². The minimum Gasteiger partial charge on any atom is -0.489 e. The van der Waals surface area contributed by atoms with Gasteiger partial charge in [0.2, 0.25) is 0 Å². The average Bonchev–Trinajstić information content (AvgIpc) is 3.45. The van der Waals surface area contributed by atoms with E-state index >= 15 is 0 Å². The van der Waals surface area contributed by atoms with E-state index in [1.165, 1.54) is 23.5 Å². The molecule has 0 atom stereocenters. The summed E-state index contributed by atoms with van der Waals surface area (Å²) in [6.07, 6.45) is 1.69. The lowest BCUT2D eigenvalue weighted by Gasteiger charge is -2.09. The van der Waals surface area contributed by atoms with E-state index in [-0.39, 0.29) is 22.8 Å². The van der Waals surface area contributed by atoms with Crippen LogP contribution in [0.5, 0.6) is 5.75 Å². The highest BCUT2D eigenvalue weighted by Gasteiger charge is 2.19. The summed E-state index contributed by atoms with van der Waals surface area (Å²) < 4.78 is 12.1. The van der Waals surface area contributed by atoms with Gasteiger partial charge in [-0.3, -0.25) is 19.7 Å². The molecular weight excluding hydrogens is 590 g/mol. The summed E-state index contributed by atoms with van der Waals surface area (Å²) in [6, 6.07) is 28.8. The Bertz CT molecular complexity index is 1770. The van der Waals surface area contributed by atoms with Crippen molar-refractivity contribution in [1.29, 1.82) is 0 Å². The Balaban J connectivity index is 1.28. The monoisotopic (exact) mass is 613 g/mol. The minimum atomic E-state index is -0.726. The van der Waals surface area contributed by atoms with Crippen LogP contribution in [0.25, 0.3) is 21.9 Å². The molecule has 0 saturated heterocycles. The molecule has 1 aromatic heterocycles. The number of nitrogens with one attached hydrogen (secondary N) is 1. The number of thiazole rings is 1. The first-order valence-electron chi connectivity index (χ1n) is 13.1. The highest BCUT2D eigenvalue weighted by atomic mass is 35.5. The van der Waals surface area contributed by atoms with E-state index < -0.39 is 23.4 Å². The number of carbonyl (C=O) groups is 2. The van der Waals surface area contributed by atoms with Crippen molar-refractivity contribution in [3.05, 3.63) is 128 Å². The third kappa shape index (κ3) is 8.03. The molecule has 0 spiro atoms. The summed E-state index contributed by atoms with van der Waals surface area (Å²) in [5.74, 6) is -0.682. The molecule has 11 heteroatoms. The Kier molecular flexibility index (Phi) is 9.40. The van der Waals surface area contributed by atoms with Crippen LogP contribution < -0.4 is 10.1 Å². The van der Waals surface area contributed by atoms with Gasteiger partial charge < -0.3 is 14.8 Å². The fourth-order valence-electron chi connectivity index (χ4n) is 4.10. The van der Waals surface area contributed by atoms with Gasteiger partial charge in [-0.05, 0) is 59.2 Å². The zero-order valence-electron chi connectivity index (χ0n) is 22.6. The number of hydrogen-bond donors (Lipinski definition) is 1. The van der Waals surface area contributed by atoms with E-state index in [2.05, 4.69) is 5.32 Å². The number of anilines is 1. The van der Waals surface area contributed by atoms with Crippen molar-refractivity contribution in [3.8, 4) is 5.75 Å².